The topological polar surface area (TPSA) is 78.4 Å². The van der Waals surface area contributed by atoms with E-state index in [1.165, 1.54) is 12.8 Å². The molecule has 0 aromatic carbocycles. The third-order valence-corrected chi connectivity index (χ3v) is 4.05. The van der Waals surface area contributed by atoms with E-state index in [-0.39, 0.29) is 18.0 Å². The van der Waals surface area contributed by atoms with E-state index in [1.54, 1.807) is 0 Å². The van der Waals surface area contributed by atoms with Crippen LogP contribution in [0.3, 0.4) is 0 Å². The Bertz CT molecular complexity index is 357. The van der Waals surface area contributed by atoms with Crippen molar-refractivity contribution in [1.29, 1.82) is 0 Å². The maximum Gasteiger partial charge on any atom is 0.314 e. The van der Waals surface area contributed by atoms with Gasteiger partial charge in [0.2, 0.25) is 0 Å². The van der Waals surface area contributed by atoms with Gasteiger partial charge in [-0.2, -0.15) is 0 Å². The quantitative estimate of drug-likeness (QED) is 0.672. The van der Waals surface area contributed by atoms with E-state index >= 15 is 0 Å². The summed E-state index contributed by atoms with van der Waals surface area (Å²) in [5.41, 5.74) is 0.233. The Labute approximate surface area is 121 Å². The summed E-state index contributed by atoms with van der Waals surface area (Å²) < 4.78 is 0. The predicted molar refractivity (Wildman–Crippen MR) is 78.6 cm³/mol. The summed E-state index contributed by atoms with van der Waals surface area (Å²) in [4.78, 5) is 22.9. The van der Waals surface area contributed by atoms with Gasteiger partial charge in [0.05, 0.1) is 5.92 Å². The molecule has 1 saturated carbocycles. The number of carboxylic acid groups (broad SMARTS) is 1. The van der Waals surface area contributed by atoms with E-state index in [4.69, 9.17) is 0 Å². The molecule has 1 unspecified atom stereocenters. The van der Waals surface area contributed by atoms with Crippen LogP contribution in [-0.4, -0.2) is 30.2 Å². The molecular weight excluding hydrogens is 256 g/mol. The summed E-state index contributed by atoms with van der Waals surface area (Å²) in [6.45, 7) is 9.00. The van der Waals surface area contributed by atoms with E-state index in [1.807, 2.05) is 20.8 Å². The minimum Gasteiger partial charge on any atom is -0.481 e. The maximum absolute atomic E-state index is 11.7. The number of nitrogens with one attached hydrogen (secondary N) is 2. The van der Waals surface area contributed by atoms with Gasteiger partial charge < -0.3 is 15.7 Å². The lowest BCUT2D eigenvalue weighted by atomic mass is 9.84. The molecule has 5 heteroatoms. The molecule has 1 aliphatic carbocycles. The molecule has 0 aliphatic heterocycles. The van der Waals surface area contributed by atoms with Gasteiger partial charge in [0, 0.05) is 13.1 Å². The van der Waals surface area contributed by atoms with Gasteiger partial charge in [0.15, 0.2) is 0 Å². The van der Waals surface area contributed by atoms with Crippen LogP contribution in [0.2, 0.25) is 0 Å². The molecule has 1 aliphatic rings. The van der Waals surface area contributed by atoms with Crippen molar-refractivity contribution in [3.8, 4) is 0 Å². The zero-order chi connectivity index (χ0) is 15.4. The molecule has 2 amide bonds. The monoisotopic (exact) mass is 284 g/mol. The van der Waals surface area contributed by atoms with Crippen LogP contribution in [0.5, 0.6) is 0 Å². The van der Waals surface area contributed by atoms with Crippen LogP contribution >= 0.6 is 0 Å². The van der Waals surface area contributed by atoms with Gasteiger partial charge in [0.1, 0.15) is 0 Å². The third-order valence-electron chi connectivity index (χ3n) is 4.05. The van der Waals surface area contributed by atoms with Gasteiger partial charge in [-0.15, -0.1) is 0 Å². The molecule has 5 nitrogen and oxygen atoms in total. The van der Waals surface area contributed by atoms with E-state index in [9.17, 15) is 14.7 Å². The molecule has 116 valence electrons. The molecule has 0 aromatic heterocycles. The van der Waals surface area contributed by atoms with Crippen molar-refractivity contribution >= 4 is 12.0 Å². The minimum atomic E-state index is -0.854. The van der Waals surface area contributed by atoms with Crippen LogP contribution in [-0.2, 0) is 4.79 Å². The number of carbonyl (C=O) groups excluding carboxylic acids is 1. The number of rotatable bonds is 7. The fraction of sp³-hybridized carbons (Fsp3) is 0.867. The summed E-state index contributed by atoms with van der Waals surface area (Å²) >= 11 is 0. The molecule has 0 radical (unpaired) electrons. The minimum absolute atomic E-state index is 0.0680. The van der Waals surface area contributed by atoms with Crippen LogP contribution in [0, 0.1) is 16.7 Å². The molecule has 20 heavy (non-hydrogen) atoms. The van der Waals surface area contributed by atoms with Crippen molar-refractivity contribution in [2.45, 2.75) is 53.4 Å². The number of hydrogen-bond acceptors (Lipinski definition) is 2. The average Bonchev–Trinajstić information content (AvgIpc) is 3.11. The highest BCUT2D eigenvalue weighted by molar-refractivity contribution is 5.75. The molecule has 0 aromatic rings. The Kier molecular flexibility index (Phi) is 5.42. The fourth-order valence-electron chi connectivity index (χ4n) is 2.36. The van der Waals surface area contributed by atoms with Crippen molar-refractivity contribution < 1.29 is 14.7 Å². The highest BCUT2D eigenvalue weighted by atomic mass is 16.4. The number of urea groups is 1. The molecule has 1 atom stereocenters. The molecule has 0 heterocycles. The molecule has 0 bridgehead atoms. The fourth-order valence-corrected chi connectivity index (χ4v) is 2.36. The lowest BCUT2D eigenvalue weighted by molar-refractivity contribution is -0.142. The van der Waals surface area contributed by atoms with Gasteiger partial charge in [-0.25, -0.2) is 4.79 Å². The lowest BCUT2D eigenvalue weighted by Gasteiger charge is -2.23. The van der Waals surface area contributed by atoms with Gasteiger partial charge in [-0.1, -0.05) is 27.7 Å². The highest BCUT2D eigenvalue weighted by Crippen LogP contribution is 2.47. The first-order valence-electron chi connectivity index (χ1n) is 7.42. The van der Waals surface area contributed by atoms with Gasteiger partial charge in [-0.3, -0.25) is 4.79 Å². The summed E-state index contributed by atoms with van der Waals surface area (Å²) in [5.74, 6) is -1.39. The smallest absolute Gasteiger partial charge is 0.314 e. The first kappa shape index (κ1) is 16.8. The normalized spacial score (nSPS) is 18.2. The Hall–Kier alpha value is -1.26. The number of hydrogen-bond donors (Lipinski definition) is 3. The molecule has 3 N–H and O–H groups in total. The summed E-state index contributed by atoms with van der Waals surface area (Å²) in [7, 11) is 0. The maximum atomic E-state index is 11.7. The van der Waals surface area contributed by atoms with Crippen LogP contribution in [0.1, 0.15) is 53.4 Å². The Balaban J connectivity index is 2.31. The Morgan fingerprint density at radius 1 is 1.25 bits per heavy atom. The Morgan fingerprint density at radius 2 is 1.85 bits per heavy atom. The van der Waals surface area contributed by atoms with Crippen molar-refractivity contribution in [3.63, 3.8) is 0 Å². The number of carboxylic acids is 1. The van der Waals surface area contributed by atoms with Gasteiger partial charge >= 0.3 is 12.0 Å². The van der Waals surface area contributed by atoms with Gasteiger partial charge in [0.25, 0.3) is 0 Å². The van der Waals surface area contributed by atoms with Gasteiger partial charge in [-0.05, 0) is 36.5 Å². The largest absolute Gasteiger partial charge is 0.481 e. The number of amides is 2. The SMILES string of the molecule is CCC1(CNC(=O)NCC(CC(C)(C)C)C(=O)O)CC1. The standard InChI is InChI=1S/C15H28N2O3/c1-5-15(6-7-15)10-17-13(20)16-9-11(12(18)19)8-14(2,3)4/h11H,5-10H2,1-4H3,(H,18,19)(H2,16,17,20). The van der Waals surface area contributed by atoms with Crippen molar-refractivity contribution in [1.82, 2.24) is 10.6 Å². The Morgan fingerprint density at radius 3 is 2.25 bits per heavy atom. The van der Waals surface area contributed by atoms with Crippen LogP contribution in [0.4, 0.5) is 4.79 Å². The van der Waals surface area contributed by atoms with Crippen LogP contribution < -0.4 is 10.6 Å². The lowest BCUT2D eigenvalue weighted by Crippen LogP contribution is -2.42. The summed E-state index contributed by atoms with van der Waals surface area (Å²) in [5, 5.41) is 14.7. The zero-order valence-electron chi connectivity index (χ0n) is 13.1. The summed E-state index contributed by atoms with van der Waals surface area (Å²) in [6.07, 6.45) is 3.97. The van der Waals surface area contributed by atoms with Crippen molar-refractivity contribution in [3.05, 3.63) is 0 Å². The predicted octanol–water partition coefficient (Wildman–Crippen LogP) is 2.61. The molecule has 1 rings (SSSR count). The van der Waals surface area contributed by atoms with Crippen LogP contribution in [0.25, 0.3) is 0 Å². The number of aliphatic carboxylic acids is 1. The first-order valence-corrected chi connectivity index (χ1v) is 7.42. The molecular formula is C15H28N2O3. The van der Waals surface area contributed by atoms with Crippen molar-refractivity contribution in [2.24, 2.45) is 16.7 Å². The molecule has 0 spiro atoms. The molecule has 1 fully saturated rings. The molecule has 0 saturated heterocycles. The van der Waals surface area contributed by atoms with E-state index in [0.717, 1.165) is 6.42 Å². The number of carbonyl (C=O) groups is 2. The van der Waals surface area contributed by atoms with Crippen LogP contribution in [0.15, 0.2) is 0 Å². The first-order chi connectivity index (χ1) is 9.17. The second kappa shape index (κ2) is 6.46. The second-order valence-electron chi connectivity index (χ2n) is 7.22. The van der Waals surface area contributed by atoms with E-state index < -0.39 is 11.9 Å². The second-order valence-corrected chi connectivity index (χ2v) is 7.22. The summed E-state index contributed by atoms with van der Waals surface area (Å²) in [6, 6.07) is -0.259. The van der Waals surface area contributed by atoms with E-state index in [0.29, 0.717) is 18.4 Å². The zero-order valence-corrected chi connectivity index (χ0v) is 13.1. The highest BCUT2D eigenvalue weighted by Gasteiger charge is 2.40. The van der Waals surface area contributed by atoms with Crippen molar-refractivity contribution in [2.75, 3.05) is 13.1 Å². The average molecular weight is 284 g/mol. The van der Waals surface area contributed by atoms with E-state index in [2.05, 4.69) is 17.6 Å². The third kappa shape index (κ3) is 5.80.